The maximum atomic E-state index is 5.86. The summed E-state index contributed by atoms with van der Waals surface area (Å²) < 4.78 is 0. The lowest BCUT2D eigenvalue weighted by Gasteiger charge is -2.28. The highest BCUT2D eigenvalue weighted by Gasteiger charge is 2.41. The molecule has 4 unspecified atom stereocenters. The molecule has 15 heavy (non-hydrogen) atoms. The quantitative estimate of drug-likeness (QED) is 0.799. The number of nitrogens with one attached hydrogen (secondary N) is 1. The third-order valence-electron chi connectivity index (χ3n) is 4.15. The molecule has 3 heteroatoms. The number of hydrogen-bond donors (Lipinski definition) is 1. The van der Waals surface area contributed by atoms with Crippen LogP contribution in [0.2, 0.25) is 0 Å². The predicted molar refractivity (Wildman–Crippen MR) is 66.2 cm³/mol. The molecular weight excluding hydrogens is 229 g/mol. The third-order valence-corrected chi connectivity index (χ3v) is 4.76. The van der Waals surface area contributed by atoms with Gasteiger partial charge in [0.2, 0.25) is 0 Å². The summed E-state index contributed by atoms with van der Waals surface area (Å²) in [7, 11) is 0. The van der Waals surface area contributed by atoms with Gasteiger partial charge in [-0.1, -0.05) is 29.6 Å². The minimum Gasteiger partial charge on any atom is -0.309 e. The highest BCUT2D eigenvalue weighted by molar-refractivity contribution is 6.36. The number of halogens is 2. The van der Waals surface area contributed by atoms with Crippen LogP contribution in [0.3, 0.4) is 0 Å². The van der Waals surface area contributed by atoms with Gasteiger partial charge >= 0.3 is 0 Å². The second kappa shape index (κ2) is 5.07. The van der Waals surface area contributed by atoms with E-state index >= 15 is 0 Å². The van der Waals surface area contributed by atoms with E-state index in [2.05, 4.69) is 12.2 Å². The molecule has 0 saturated heterocycles. The molecule has 0 amide bonds. The summed E-state index contributed by atoms with van der Waals surface area (Å²) in [4.78, 5) is 0. The molecule has 2 bridgehead atoms. The summed E-state index contributed by atoms with van der Waals surface area (Å²) in [5.74, 6) is 2.85. The lowest BCUT2D eigenvalue weighted by molar-refractivity contribution is 0.265. The van der Waals surface area contributed by atoms with Crippen LogP contribution in [0, 0.1) is 17.8 Å². The van der Waals surface area contributed by atoms with Crippen molar-refractivity contribution in [2.45, 2.75) is 38.6 Å². The van der Waals surface area contributed by atoms with Crippen LogP contribution in [0.5, 0.6) is 0 Å². The van der Waals surface area contributed by atoms with E-state index < -0.39 is 0 Å². The Labute approximate surface area is 102 Å². The Morgan fingerprint density at radius 3 is 2.80 bits per heavy atom. The zero-order valence-corrected chi connectivity index (χ0v) is 10.7. The van der Waals surface area contributed by atoms with Crippen LogP contribution in [0.1, 0.15) is 32.6 Å². The summed E-state index contributed by atoms with van der Waals surface area (Å²) in [5, 5.41) is 4.18. The Morgan fingerprint density at radius 2 is 2.27 bits per heavy atom. The van der Waals surface area contributed by atoms with Gasteiger partial charge in [0.1, 0.15) is 0 Å². The standard InChI is InChI=1S/C12H19Cl2N/c1-8(15-7-11(14)6-13)12-5-9-2-3-10(12)4-9/h6,8-10,12,15H,2-5,7H2,1H3. The van der Waals surface area contributed by atoms with Gasteiger partial charge in [0.15, 0.2) is 0 Å². The van der Waals surface area contributed by atoms with Crippen molar-refractivity contribution in [1.82, 2.24) is 5.32 Å². The van der Waals surface area contributed by atoms with Gasteiger partial charge in [0.25, 0.3) is 0 Å². The van der Waals surface area contributed by atoms with Crippen molar-refractivity contribution in [3.63, 3.8) is 0 Å². The van der Waals surface area contributed by atoms with E-state index in [1.807, 2.05) is 0 Å². The number of rotatable bonds is 4. The van der Waals surface area contributed by atoms with Gasteiger partial charge in [-0.3, -0.25) is 0 Å². The Bertz CT molecular complexity index is 252. The Kier molecular flexibility index (Phi) is 3.98. The first kappa shape index (κ1) is 11.8. The fraction of sp³-hybridized carbons (Fsp3) is 0.833. The van der Waals surface area contributed by atoms with Gasteiger partial charge in [-0.15, -0.1) is 0 Å². The van der Waals surface area contributed by atoms with Gasteiger partial charge in [0.05, 0.1) is 0 Å². The van der Waals surface area contributed by atoms with Crippen molar-refractivity contribution in [2.24, 2.45) is 17.8 Å². The Hall–Kier alpha value is 0.280. The summed E-state index contributed by atoms with van der Waals surface area (Å²) in [5.41, 5.74) is 1.45. The second-order valence-electron chi connectivity index (χ2n) is 5.06. The highest BCUT2D eigenvalue weighted by atomic mass is 35.5. The van der Waals surface area contributed by atoms with Gasteiger partial charge < -0.3 is 5.32 Å². The van der Waals surface area contributed by atoms with Crippen molar-refractivity contribution in [1.29, 1.82) is 0 Å². The highest BCUT2D eigenvalue weighted by Crippen LogP contribution is 2.49. The molecule has 0 aromatic carbocycles. The minimum atomic E-state index is 0.575. The number of hydrogen-bond acceptors (Lipinski definition) is 1. The van der Waals surface area contributed by atoms with E-state index in [-0.39, 0.29) is 0 Å². The topological polar surface area (TPSA) is 12.0 Å². The third kappa shape index (κ3) is 2.69. The molecule has 4 atom stereocenters. The normalized spacial score (nSPS) is 37.3. The largest absolute Gasteiger partial charge is 0.309 e. The molecule has 0 spiro atoms. The van der Waals surface area contributed by atoms with E-state index in [9.17, 15) is 0 Å². The Morgan fingerprint density at radius 1 is 1.47 bits per heavy atom. The molecule has 0 aromatic rings. The predicted octanol–water partition coefficient (Wildman–Crippen LogP) is 3.72. The molecule has 0 radical (unpaired) electrons. The molecule has 2 aliphatic rings. The average Bonchev–Trinajstić information content (AvgIpc) is 2.86. The first-order valence-corrected chi connectivity index (χ1v) is 6.70. The zero-order chi connectivity index (χ0) is 10.8. The van der Waals surface area contributed by atoms with E-state index in [1.165, 1.54) is 31.2 Å². The molecule has 0 aliphatic heterocycles. The number of fused-ring (bicyclic) bond motifs is 2. The maximum Gasteiger partial charge on any atom is 0.0431 e. The van der Waals surface area contributed by atoms with Crippen LogP contribution in [0.15, 0.2) is 10.6 Å². The van der Waals surface area contributed by atoms with Crippen LogP contribution in [-0.4, -0.2) is 12.6 Å². The molecule has 2 aliphatic carbocycles. The van der Waals surface area contributed by atoms with E-state index in [1.54, 1.807) is 0 Å². The summed E-state index contributed by atoms with van der Waals surface area (Å²) in [6.07, 6.45) is 5.80. The van der Waals surface area contributed by atoms with Gasteiger partial charge in [-0.2, -0.15) is 0 Å². The van der Waals surface area contributed by atoms with Crippen molar-refractivity contribution in [3.05, 3.63) is 10.6 Å². The van der Waals surface area contributed by atoms with Gasteiger partial charge in [-0.25, -0.2) is 0 Å². The van der Waals surface area contributed by atoms with Gasteiger partial charge in [-0.05, 0) is 43.9 Å². The zero-order valence-electron chi connectivity index (χ0n) is 9.18. The summed E-state index contributed by atoms with van der Waals surface area (Å²) in [6, 6.07) is 0.575. The molecule has 0 heterocycles. The molecule has 2 fully saturated rings. The maximum absolute atomic E-state index is 5.86. The first-order valence-electron chi connectivity index (χ1n) is 5.89. The SMILES string of the molecule is CC(NCC(Cl)=CCl)C1CC2CCC1C2. The summed E-state index contributed by atoms with van der Waals surface area (Å²) in [6.45, 7) is 2.99. The fourth-order valence-electron chi connectivity index (χ4n) is 3.35. The molecule has 1 nitrogen and oxygen atoms in total. The molecule has 2 rings (SSSR count). The molecule has 86 valence electrons. The molecule has 1 N–H and O–H groups in total. The second-order valence-corrected chi connectivity index (χ2v) is 5.77. The minimum absolute atomic E-state index is 0.575. The molecular formula is C12H19Cl2N. The van der Waals surface area contributed by atoms with Crippen LogP contribution in [0.4, 0.5) is 0 Å². The first-order chi connectivity index (χ1) is 7.20. The van der Waals surface area contributed by atoms with E-state index in [0.29, 0.717) is 17.6 Å². The van der Waals surface area contributed by atoms with E-state index in [0.717, 1.165) is 17.8 Å². The van der Waals surface area contributed by atoms with Crippen molar-refractivity contribution in [3.8, 4) is 0 Å². The van der Waals surface area contributed by atoms with Crippen LogP contribution in [0.25, 0.3) is 0 Å². The van der Waals surface area contributed by atoms with Crippen molar-refractivity contribution < 1.29 is 0 Å². The average molecular weight is 248 g/mol. The Balaban J connectivity index is 1.79. The fourth-order valence-corrected chi connectivity index (χ4v) is 3.51. The lowest BCUT2D eigenvalue weighted by Crippen LogP contribution is -2.36. The smallest absolute Gasteiger partial charge is 0.0431 e. The van der Waals surface area contributed by atoms with E-state index in [4.69, 9.17) is 23.2 Å². The van der Waals surface area contributed by atoms with Gasteiger partial charge in [0, 0.05) is 23.2 Å². The van der Waals surface area contributed by atoms with Crippen LogP contribution in [-0.2, 0) is 0 Å². The molecule has 2 saturated carbocycles. The van der Waals surface area contributed by atoms with Crippen molar-refractivity contribution >= 4 is 23.2 Å². The molecule has 0 aromatic heterocycles. The summed E-state index contributed by atoms with van der Waals surface area (Å²) >= 11 is 11.4. The lowest BCUT2D eigenvalue weighted by atomic mass is 9.84. The van der Waals surface area contributed by atoms with Crippen LogP contribution < -0.4 is 5.32 Å². The monoisotopic (exact) mass is 247 g/mol. The van der Waals surface area contributed by atoms with Crippen LogP contribution >= 0.6 is 23.2 Å². The van der Waals surface area contributed by atoms with Crippen molar-refractivity contribution in [2.75, 3.05) is 6.54 Å².